The number of unbranched alkanes of at least 4 members (excludes halogenated alkanes) is 4. The number of carboxylic acids is 1. The van der Waals surface area contributed by atoms with Crippen molar-refractivity contribution >= 4 is 29.6 Å². The number of phenolic OH excluding ortho intramolecular Hbond substituents is 1. The summed E-state index contributed by atoms with van der Waals surface area (Å²) in [6.07, 6.45) is 5.66. The Morgan fingerprint density at radius 2 is 1.64 bits per heavy atom. The molecule has 7 N–H and O–H groups in total. The third-order valence-electron chi connectivity index (χ3n) is 9.72. The van der Waals surface area contributed by atoms with Gasteiger partial charge in [0.1, 0.15) is 36.0 Å². The van der Waals surface area contributed by atoms with E-state index in [1.54, 1.807) is 12.1 Å². The molecular formula is C37H61N5O8. The van der Waals surface area contributed by atoms with Gasteiger partial charge in [-0.1, -0.05) is 85.3 Å². The van der Waals surface area contributed by atoms with Crippen LogP contribution in [0.3, 0.4) is 0 Å². The number of amides is 4. The topological polar surface area (TPSA) is 203 Å². The summed E-state index contributed by atoms with van der Waals surface area (Å²) >= 11 is 0. The van der Waals surface area contributed by atoms with E-state index in [0.29, 0.717) is 31.2 Å². The van der Waals surface area contributed by atoms with Gasteiger partial charge in [-0.25, -0.2) is 4.79 Å². The van der Waals surface area contributed by atoms with Crippen LogP contribution in [0, 0.1) is 11.8 Å². The van der Waals surface area contributed by atoms with Crippen LogP contribution in [0.25, 0.3) is 0 Å². The molecule has 282 valence electrons. The highest BCUT2D eigenvalue weighted by atomic mass is 16.4. The van der Waals surface area contributed by atoms with Crippen molar-refractivity contribution in [3.05, 3.63) is 29.8 Å². The van der Waals surface area contributed by atoms with Gasteiger partial charge in [0.15, 0.2) is 0 Å². The predicted molar refractivity (Wildman–Crippen MR) is 191 cm³/mol. The SMILES string of the molecule is CCCCCCCC(N)C(O)C(=O)NC(C(=O)N(C)C(CC(C)C)C(=O)N1CCCC1C(=O)NC(Cc1ccc(O)cc1)C(=O)O)C(C)CC. The van der Waals surface area contributed by atoms with Crippen LogP contribution in [-0.4, -0.2) is 105 Å². The highest BCUT2D eigenvalue weighted by molar-refractivity contribution is 5.95. The standard InChI is InChI=1S/C37H61N5O8/c1-7-9-10-11-12-14-27(38)32(44)34(46)40-31(24(5)8-2)36(48)41(6)30(21-23(3)4)35(47)42-20-13-15-29(42)33(45)39-28(37(49)50)22-25-16-18-26(43)19-17-25/h16-19,23-24,27-32,43-44H,7-15,20-22,38H2,1-6H3,(H,39,45)(H,40,46)(H,49,50). The quantitative estimate of drug-likeness (QED) is 0.104. The van der Waals surface area contributed by atoms with E-state index in [2.05, 4.69) is 17.6 Å². The molecule has 0 saturated carbocycles. The molecule has 0 bridgehead atoms. The Morgan fingerprint density at radius 1 is 1.00 bits per heavy atom. The molecule has 50 heavy (non-hydrogen) atoms. The van der Waals surface area contributed by atoms with Crippen molar-refractivity contribution in [1.82, 2.24) is 20.4 Å². The van der Waals surface area contributed by atoms with E-state index >= 15 is 0 Å². The van der Waals surface area contributed by atoms with E-state index in [1.165, 1.54) is 29.0 Å². The monoisotopic (exact) mass is 703 g/mol. The number of nitrogens with two attached hydrogens (primary N) is 1. The summed E-state index contributed by atoms with van der Waals surface area (Å²) in [6, 6.07) is 1.07. The number of carbonyl (C=O) groups is 5. The second-order valence-corrected chi connectivity index (χ2v) is 14.2. The maximum atomic E-state index is 14.2. The van der Waals surface area contributed by atoms with Crippen molar-refractivity contribution < 1.29 is 39.3 Å². The van der Waals surface area contributed by atoms with Crippen LogP contribution >= 0.6 is 0 Å². The summed E-state index contributed by atoms with van der Waals surface area (Å²) in [6.45, 7) is 9.91. The number of aliphatic hydroxyl groups is 1. The van der Waals surface area contributed by atoms with Crippen molar-refractivity contribution in [3.8, 4) is 5.75 Å². The number of phenols is 1. The summed E-state index contributed by atoms with van der Waals surface area (Å²) in [5.41, 5.74) is 6.77. The van der Waals surface area contributed by atoms with Crippen LogP contribution < -0.4 is 16.4 Å². The number of benzene rings is 1. The number of aliphatic carboxylic acids is 1. The Morgan fingerprint density at radius 3 is 2.22 bits per heavy atom. The molecule has 1 heterocycles. The molecule has 7 atom stereocenters. The number of nitrogens with one attached hydrogen (secondary N) is 2. The molecule has 1 aromatic rings. The summed E-state index contributed by atoms with van der Waals surface area (Å²) in [5.74, 6) is -3.79. The number of carbonyl (C=O) groups excluding carboxylic acids is 4. The van der Waals surface area contributed by atoms with Gasteiger partial charge in [-0.15, -0.1) is 0 Å². The third kappa shape index (κ3) is 12.6. The number of hydrogen-bond acceptors (Lipinski definition) is 8. The lowest BCUT2D eigenvalue weighted by atomic mass is 9.94. The van der Waals surface area contributed by atoms with Crippen molar-refractivity contribution in [2.45, 2.75) is 142 Å². The first-order valence-electron chi connectivity index (χ1n) is 18.2. The van der Waals surface area contributed by atoms with E-state index in [4.69, 9.17) is 5.73 Å². The molecule has 1 aliphatic heterocycles. The minimum Gasteiger partial charge on any atom is -0.508 e. The molecule has 0 aliphatic carbocycles. The Hall–Kier alpha value is -3.71. The second-order valence-electron chi connectivity index (χ2n) is 14.2. The van der Waals surface area contributed by atoms with Gasteiger partial charge in [0.25, 0.3) is 5.91 Å². The van der Waals surface area contributed by atoms with Crippen LogP contribution in [0.15, 0.2) is 24.3 Å². The van der Waals surface area contributed by atoms with Crippen LogP contribution in [0.2, 0.25) is 0 Å². The minimum atomic E-state index is -1.49. The van der Waals surface area contributed by atoms with Crippen LogP contribution in [0.4, 0.5) is 0 Å². The van der Waals surface area contributed by atoms with Gasteiger partial charge in [0, 0.05) is 26.1 Å². The highest BCUT2D eigenvalue weighted by Gasteiger charge is 2.42. The van der Waals surface area contributed by atoms with Gasteiger partial charge in [0.05, 0.1) is 0 Å². The first-order valence-corrected chi connectivity index (χ1v) is 18.2. The normalized spacial score (nSPS) is 18.1. The predicted octanol–water partition coefficient (Wildman–Crippen LogP) is 2.95. The molecule has 0 aromatic heterocycles. The van der Waals surface area contributed by atoms with Gasteiger partial charge in [-0.3, -0.25) is 19.2 Å². The molecular weight excluding hydrogens is 642 g/mol. The lowest BCUT2D eigenvalue weighted by molar-refractivity contribution is -0.150. The first kappa shape index (κ1) is 42.5. The third-order valence-corrected chi connectivity index (χ3v) is 9.72. The van der Waals surface area contributed by atoms with E-state index in [-0.39, 0.29) is 37.0 Å². The van der Waals surface area contributed by atoms with E-state index in [0.717, 1.165) is 32.1 Å². The maximum Gasteiger partial charge on any atom is 0.326 e. The number of likely N-dealkylation sites (N-methyl/N-ethyl adjacent to an activating group) is 1. The molecule has 0 radical (unpaired) electrons. The van der Waals surface area contributed by atoms with Crippen LogP contribution in [0.1, 0.15) is 104 Å². The number of nitrogens with zero attached hydrogens (tertiary/aromatic N) is 2. The average molecular weight is 704 g/mol. The summed E-state index contributed by atoms with van der Waals surface area (Å²) < 4.78 is 0. The summed E-state index contributed by atoms with van der Waals surface area (Å²) in [7, 11) is 1.51. The number of aromatic hydroxyl groups is 1. The number of hydrogen-bond donors (Lipinski definition) is 6. The first-order chi connectivity index (χ1) is 23.6. The van der Waals surface area contributed by atoms with Gasteiger partial charge < -0.3 is 41.5 Å². The lowest BCUT2D eigenvalue weighted by Crippen LogP contribution is -2.60. The number of aliphatic hydroxyl groups excluding tert-OH is 1. The minimum absolute atomic E-state index is 0.00966. The fourth-order valence-electron chi connectivity index (χ4n) is 6.33. The molecule has 4 amide bonds. The van der Waals surface area contributed by atoms with Gasteiger partial charge in [-0.2, -0.15) is 0 Å². The molecule has 0 spiro atoms. The zero-order chi connectivity index (χ0) is 37.5. The van der Waals surface area contributed by atoms with Crippen molar-refractivity contribution in [1.29, 1.82) is 0 Å². The molecule has 7 unspecified atom stereocenters. The molecule has 2 rings (SSSR count). The van der Waals surface area contributed by atoms with E-state index in [1.807, 2.05) is 27.7 Å². The van der Waals surface area contributed by atoms with E-state index in [9.17, 15) is 39.3 Å². The largest absolute Gasteiger partial charge is 0.508 e. The average Bonchev–Trinajstić information content (AvgIpc) is 3.58. The molecule has 1 aromatic carbocycles. The Kier molecular flexibility index (Phi) is 17.7. The smallest absolute Gasteiger partial charge is 0.326 e. The molecule has 13 heteroatoms. The summed E-state index contributed by atoms with van der Waals surface area (Å²) in [5, 5.41) is 35.4. The Labute approximate surface area is 297 Å². The fraction of sp³-hybridized carbons (Fsp3) is 0.703. The molecule has 13 nitrogen and oxygen atoms in total. The number of likely N-dealkylation sites (tertiary alicyclic amines) is 1. The highest BCUT2D eigenvalue weighted by Crippen LogP contribution is 2.24. The molecule has 1 saturated heterocycles. The van der Waals surface area contributed by atoms with Gasteiger partial charge in [-0.05, 0) is 55.2 Å². The van der Waals surface area contributed by atoms with Crippen LogP contribution in [0.5, 0.6) is 5.75 Å². The summed E-state index contributed by atoms with van der Waals surface area (Å²) in [4.78, 5) is 69.8. The maximum absolute atomic E-state index is 14.2. The van der Waals surface area contributed by atoms with Crippen molar-refractivity contribution in [3.63, 3.8) is 0 Å². The van der Waals surface area contributed by atoms with Gasteiger partial charge in [0.2, 0.25) is 17.7 Å². The Bertz CT molecular complexity index is 1260. The van der Waals surface area contributed by atoms with Crippen molar-refractivity contribution in [2.24, 2.45) is 17.6 Å². The Balaban J connectivity index is 2.21. The van der Waals surface area contributed by atoms with Crippen LogP contribution in [-0.2, 0) is 30.4 Å². The number of rotatable bonds is 21. The van der Waals surface area contributed by atoms with E-state index < -0.39 is 65.9 Å². The zero-order valence-electron chi connectivity index (χ0n) is 30.8. The van der Waals surface area contributed by atoms with Gasteiger partial charge >= 0.3 is 5.97 Å². The molecule has 1 fully saturated rings. The number of carboxylic acid groups (broad SMARTS) is 1. The molecule has 1 aliphatic rings. The second kappa shape index (κ2) is 20.8. The lowest BCUT2D eigenvalue weighted by Gasteiger charge is -2.37. The van der Waals surface area contributed by atoms with Crippen molar-refractivity contribution in [2.75, 3.05) is 13.6 Å². The fourth-order valence-corrected chi connectivity index (χ4v) is 6.33. The zero-order valence-corrected chi connectivity index (χ0v) is 30.8.